The topological polar surface area (TPSA) is 34.1 Å². The van der Waals surface area contributed by atoms with E-state index >= 15 is 0 Å². The largest absolute Gasteiger partial charge is 0.298 e. The molecule has 0 aliphatic rings. The molecule has 0 bridgehead atoms. The summed E-state index contributed by atoms with van der Waals surface area (Å²) in [6, 6.07) is 24.1. The molecule has 0 radical (unpaired) electrons. The number of rotatable bonds is 2. The Labute approximate surface area is 152 Å². The summed E-state index contributed by atoms with van der Waals surface area (Å²) in [6.45, 7) is 6.38. The van der Waals surface area contributed by atoms with Crippen molar-refractivity contribution in [1.29, 1.82) is 0 Å². The van der Waals surface area contributed by atoms with Crippen molar-refractivity contribution in [2.45, 2.75) is 20.8 Å². The van der Waals surface area contributed by atoms with Gasteiger partial charge in [0.25, 0.3) is 0 Å². The van der Waals surface area contributed by atoms with Crippen LogP contribution in [-0.4, -0.2) is 6.29 Å². The quantitative estimate of drug-likeness (QED) is 0.404. The van der Waals surface area contributed by atoms with E-state index in [0.29, 0.717) is 0 Å². The average molecular weight is 350 g/mol. The van der Waals surface area contributed by atoms with Gasteiger partial charge in [0.15, 0.2) is 6.29 Å². The van der Waals surface area contributed by atoms with Crippen LogP contribution in [0, 0.1) is 20.8 Å². The molecule has 0 spiro atoms. The lowest BCUT2D eigenvalue weighted by Gasteiger charge is -2.03. The molecule has 3 heteroatoms. The van der Waals surface area contributed by atoms with E-state index in [1.54, 1.807) is 9.12 Å². The number of benzene rings is 3. The smallest absolute Gasteiger partial charge is 0.150 e. The highest BCUT2D eigenvalue weighted by Crippen LogP contribution is 2.21. The highest BCUT2D eigenvalue weighted by atomic mass is 31.0. The van der Waals surface area contributed by atoms with Crippen LogP contribution < -0.4 is 0 Å². The van der Waals surface area contributed by atoms with Gasteiger partial charge in [-0.05, 0) is 31.9 Å². The van der Waals surface area contributed by atoms with Gasteiger partial charge in [0.1, 0.15) is 9.12 Å². The van der Waals surface area contributed by atoms with E-state index in [1.807, 2.05) is 54.6 Å². The molecule has 0 atom stereocenters. The Morgan fingerprint density at radius 2 is 1.12 bits per heavy atom. The van der Waals surface area contributed by atoms with Crippen LogP contribution in [0.15, 0.2) is 72.8 Å². The minimum atomic E-state index is 0.735. The van der Waals surface area contributed by atoms with Crippen molar-refractivity contribution in [3.63, 3.8) is 0 Å². The SMILES string of the molecule is Cc1cc(C)cc(C)c1.O=Cc1ccccc1-c1ccccc1.O=P. The van der Waals surface area contributed by atoms with Crippen molar-refractivity contribution in [2.24, 2.45) is 0 Å². The number of carbonyl (C=O) groups is 1. The molecule has 128 valence electrons. The van der Waals surface area contributed by atoms with E-state index in [-0.39, 0.29) is 0 Å². The number of aldehydes is 1. The average Bonchev–Trinajstić information content (AvgIpc) is 2.63. The lowest BCUT2D eigenvalue weighted by Crippen LogP contribution is -1.85. The lowest BCUT2D eigenvalue weighted by molar-refractivity contribution is 0.112. The third-order valence-corrected chi connectivity index (χ3v) is 3.54. The van der Waals surface area contributed by atoms with E-state index in [0.717, 1.165) is 23.0 Å². The molecule has 0 N–H and O–H groups in total. The predicted octanol–water partition coefficient (Wildman–Crippen LogP) is 6.25. The summed E-state index contributed by atoms with van der Waals surface area (Å²) in [5.41, 5.74) is 6.87. The monoisotopic (exact) mass is 350 g/mol. The second kappa shape index (κ2) is 11.1. The molecule has 3 aromatic carbocycles. The summed E-state index contributed by atoms with van der Waals surface area (Å²) in [5, 5.41) is 0. The molecule has 0 aliphatic heterocycles. The van der Waals surface area contributed by atoms with Crippen LogP contribution in [0.25, 0.3) is 11.1 Å². The fraction of sp³-hybridized carbons (Fsp3) is 0.136. The van der Waals surface area contributed by atoms with Crippen LogP contribution in [0.4, 0.5) is 0 Å². The first-order valence-electron chi connectivity index (χ1n) is 7.95. The number of carbonyl (C=O) groups excluding carboxylic acids is 1. The maximum Gasteiger partial charge on any atom is 0.150 e. The number of hydrogen-bond acceptors (Lipinski definition) is 2. The summed E-state index contributed by atoms with van der Waals surface area (Å²) in [4.78, 5) is 10.8. The Morgan fingerprint density at radius 1 is 0.680 bits per heavy atom. The van der Waals surface area contributed by atoms with Gasteiger partial charge in [0, 0.05) is 5.56 Å². The van der Waals surface area contributed by atoms with Crippen molar-refractivity contribution in [2.75, 3.05) is 0 Å². The van der Waals surface area contributed by atoms with Gasteiger partial charge in [0.2, 0.25) is 0 Å². The first kappa shape index (κ1) is 20.5. The third-order valence-electron chi connectivity index (χ3n) is 3.54. The summed E-state index contributed by atoms with van der Waals surface area (Å²) in [6.07, 6.45) is 0.891. The highest BCUT2D eigenvalue weighted by Gasteiger charge is 2.01. The molecule has 0 heterocycles. The second-order valence-corrected chi connectivity index (χ2v) is 5.74. The van der Waals surface area contributed by atoms with E-state index in [1.165, 1.54) is 16.7 Å². The van der Waals surface area contributed by atoms with Crippen LogP contribution in [0.1, 0.15) is 27.0 Å². The van der Waals surface area contributed by atoms with E-state index in [2.05, 4.69) is 39.0 Å². The normalized spacial score (nSPS) is 9.08. The molecule has 3 aromatic rings. The molecule has 0 amide bonds. The Bertz CT molecular complexity index is 748. The van der Waals surface area contributed by atoms with Crippen LogP contribution >= 0.6 is 9.12 Å². The van der Waals surface area contributed by atoms with Gasteiger partial charge >= 0.3 is 0 Å². The van der Waals surface area contributed by atoms with Crippen molar-refractivity contribution in [3.05, 3.63) is 95.1 Å². The van der Waals surface area contributed by atoms with Crippen molar-refractivity contribution < 1.29 is 9.36 Å². The van der Waals surface area contributed by atoms with Crippen LogP contribution in [0.5, 0.6) is 0 Å². The van der Waals surface area contributed by atoms with Gasteiger partial charge in [-0.3, -0.25) is 9.36 Å². The standard InChI is InChI=1S/C13H10O.C9H12.HOP/c14-10-12-8-4-5-9-13(12)11-6-2-1-3-7-11;1-7-4-8(2)6-9(3)5-7;1-2/h1-10H;4-6H,1-3H3;2H. The number of aryl methyl sites for hydroxylation is 3. The van der Waals surface area contributed by atoms with Crippen molar-refractivity contribution in [1.82, 2.24) is 0 Å². The Hall–Kier alpha value is -2.57. The molecule has 2 nitrogen and oxygen atoms in total. The van der Waals surface area contributed by atoms with E-state index in [9.17, 15) is 4.79 Å². The molecule has 0 aromatic heterocycles. The molecule has 0 saturated carbocycles. The van der Waals surface area contributed by atoms with Gasteiger partial charge in [-0.25, -0.2) is 0 Å². The van der Waals surface area contributed by atoms with Crippen LogP contribution in [0.3, 0.4) is 0 Å². The number of hydrogen-bond donors (Lipinski definition) is 0. The summed E-state index contributed by atoms with van der Waals surface area (Å²) in [7, 11) is 1.72. The molecular weight excluding hydrogens is 327 g/mol. The zero-order valence-electron chi connectivity index (χ0n) is 14.8. The fourth-order valence-corrected chi connectivity index (χ4v) is 2.68. The maximum atomic E-state index is 10.8. The summed E-state index contributed by atoms with van der Waals surface area (Å²) >= 11 is 0. The molecule has 0 saturated heterocycles. The first-order chi connectivity index (χ1) is 12.1. The van der Waals surface area contributed by atoms with Crippen molar-refractivity contribution in [3.8, 4) is 11.1 Å². The van der Waals surface area contributed by atoms with Gasteiger partial charge in [-0.15, -0.1) is 0 Å². The lowest BCUT2D eigenvalue weighted by atomic mass is 10.0. The molecular formula is C22H23O2P. The van der Waals surface area contributed by atoms with Gasteiger partial charge in [-0.1, -0.05) is 89.5 Å². The minimum absolute atomic E-state index is 0.735. The highest BCUT2D eigenvalue weighted by molar-refractivity contribution is 7.00. The maximum absolute atomic E-state index is 10.8. The van der Waals surface area contributed by atoms with Crippen molar-refractivity contribution >= 4 is 15.4 Å². The zero-order valence-corrected chi connectivity index (χ0v) is 15.8. The Balaban J connectivity index is 0.000000246. The Kier molecular flexibility index (Phi) is 9.06. The molecule has 0 unspecified atom stereocenters. The predicted molar refractivity (Wildman–Crippen MR) is 107 cm³/mol. The molecule has 25 heavy (non-hydrogen) atoms. The zero-order chi connectivity index (χ0) is 18.7. The van der Waals surface area contributed by atoms with E-state index < -0.39 is 0 Å². The molecule has 3 rings (SSSR count). The summed E-state index contributed by atoms with van der Waals surface area (Å²) in [5.74, 6) is 0. The molecule has 0 fully saturated rings. The van der Waals surface area contributed by atoms with Gasteiger partial charge in [0.05, 0.1) is 0 Å². The van der Waals surface area contributed by atoms with Gasteiger partial charge < -0.3 is 0 Å². The first-order valence-corrected chi connectivity index (χ1v) is 8.36. The second-order valence-electron chi connectivity index (χ2n) is 5.74. The van der Waals surface area contributed by atoms with Crippen LogP contribution in [-0.2, 0) is 4.57 Å². The Morgan fingerprint density at radius 3 is 1.60 bits per heavy atom. The van der Waals surface area contributed by atoms with Crippen LogP contribution in [0.2, 0.25) is 0 Å². The van der Waals surface area contributed by atoms with Gasteiger partial charge in [-0.2, -0.15) is 0 Å². The molecule has 0 aliphatic carbocycles. The summed E-state index contributed by atoms with van der Waals surface area (Å²) < 4.78 is 8.06. The van der Waals surface area contributed by atoms with E-state index in [4.69, 9.17) is 4.57 Å². The third kappa shape index (κ3) is 6.82. The minimum Gasteiger partial charge on any atom is -0.298 e. The fourth-order valence-electron chi connectivity index (χ4n) is 2.68.